The van der Waals surface area contributed by atoms with E-state index in [1.165, 1.54) is 0 Å². The Morgan fingerprint density at radius 3 is 2.36 bits per heavy atom. The Bertz CT molecular complexity index is 1500. The van der Waals surface area contributed by atoms with Gasteiger partial charge in [0.25, 0.3) is 0 Å². The predicted octanol–water partition coefficient (Wildman–Crippen LogP) is 5.31. The van der Waals surface area contributed by atoms with Crippen LogP contribution in [-0.4, -0.2) is 55.9 Å². The molecule has 3 aromatic rings. The van der Waals surface area contributed by atoms with Crippen molar-refractivity contribution < 1.29 is 19.5 Å². The monoisotopic (exact) mass is 603 g/mol. The van der Waals surface area contributed by atoms with Gasteiger partial charge < -0.3 is 20.6 Å². The Morgan fingerprint density at radius 1 is 1.00 bits per heavy atom. The first-order chi connectivity index (χ1) is 20.2. The molecule has 3 heterocycles. The number of carbonyl (C=O) groups is 3. The lowest BCUT2D eigenvalue weighted by molar-refractivity contribution is -0.141. The number of aliphatic hydroxyl groups is 1. The van der Waals surface area contributed by atoms with Crippen molar-refractivity contribution in [2.45, 2.75) is 54.7 Å². The second-order valence-corrected chi connectivity index (χ2v) is 14.1. The first kappa shape index (κ1) is 28.8. The number of anilines is 2. The Labute approximate surface area is 255 Å². The summed E-state index contributed by atoms with van der Waals surface area (Å²) >= 11 is 8.10. The van der Waals surface area contributed by atoms with Crippen LogP contribution < -0.4 is 10.6 Å². The van der Waals surface area contributed by atoms with Crippen LogP contribution in [0.5, 0.6) is 0 Å². The molecule has 3 saturated heterocycles. The highest BCUT2D eigenvalue weighted by Crippen LogP contribution is 2.71. The molecule has 0 aromatic heterocycles. The van der Waals surface area contributed by atoms with Gasteiger partial charge in [0.15, 0.2) is 0 Å². The number of amides is 3. The number of aliphatic hydroxyl groups excluding tert-OH is 1. The van der Waals surface area contributed by atoms with Crippen LogP contribution >= 0.6 is 23.4 Å². The minimum absolute atomic E-state index is 0.220. The average molecular weight is 604 g/mol. The van der Waals surface area contributed by atoms with E-state index >= 15 is 0 Å². The molecule has 7 nitrogen and oxygen atoms in total. The Kier molecular flexibility index (Phi) is 7.58. The average Bonchev–Trinajstić information content (AvgIpc) is 3.55. The van der Waals surface area contributed by atoms with Gasteiger partial charge in [0.05, 0.1) is 39.9 Å². The van der Waals surface area contributed by atoms with Gasteiger partial charge in [-0.15, -0.1) is 11.8 Å². The molecular weight excluding hydrogens is 570 g/mol. The van der Waals surface area contributed by atoms with E-state index in [4.69, 9.17) is 11.6 Å². The Hall–Kier alpha value is -3.33. The molecular formula is C33H34ClN3O4S. The Balaban J connectivity index is 1.41. The number of nitrogens with one attached hydrogen (secondary N) is 2. The van der Waals surface area contributed by atoms with Crippen LogP contribution in [0, 0.1) is 18.8 Å². The first-order valence-electron chi connectivity index (χ1n) is 14.3. The summed E-state index contributed by atoms with van der Waals surface area (Å²) in [6.07, 6.45) is 1.68. The van der Waals surface area contributed by atoms with Crippen LogP contribution in [0.1, 0.15) is 30.9 Å². The number of rotatable bonds is 8. The van der Waals surface area contributed by atoms with E-state index < -0.39 is 33.4 Å². The molecule has 3 N–H and O–H groups in total. The summed E-state index contributed by atoms with van der Waals surface area (Å²) in [5.41, 5.74) is 2.92. The molecule has 3 amide bonds. The van der Waals surface area contributed by atoms with Crippen LogP contribution in [0.25, 0.3) is 0 Å². The van der Waals surface area contributed by atoms with Gasteiger partial charge in [0.1, 0.15) is 6.04 Å². The van der Waals surface area contributed by atoms with Crippen LogP contribution in [0.3, 0.4) is 0 Å². The molecule has 0 saturated carbocycles. The third-order valence-electron chi connectivity index (χ3n) is 9.18. The molecule has 2 bridgehead atoms. The summed E-state index contributed by atoms with van der Waals surface area (Å²) in [6, 6.07) is 22.7. The number of para-hydroxylation sites is 2. The SMILES string of the molecule is Cc1cccc(Cl)c1NC(=O)C1N([C@@H](CO)Cc2ccccc2)C(=O)[C@@H]2[C@H](C(=O)Nc3ccccc3)[C@]3(C)CCC12S3. The number of likely N-dealkylation sites (tertiary alicyclic amines) is 1. The van der Waals surface area contributed by atoms with Crippen molar-refractivity contribution in [1.82, 2.24) is 4.90 Å². The van der Waals surface area contributed by atoms with Crippen molar-refractivity contribution in [2.75, 3.05) is 17.2 Å². The summed E-state index contributed by atoms with van der Waals surface area (Å²) in [6.45, 7) is 3.59. The van der Waals surface area contributed by atoms with E-state index in [9.17, 15) is 19.5 Å². The maximum atomic E-state index is 14.6. The van der Waals surface area contributed by atoms with Gasteiger partial charge in [-0.2, -0.15) is 0 Å². The highest BCUT2D eigenvalue weighted by Gasteiger charge is 2.77. The topological polar surface area (TPSA) is 98.7 Å². The zero-order valence-corrected chi connectivity index (χ0v) is 25.1. The lowest BCUT2D eigenvalue weighted by Gasteiger charge is -2.37. The molecule has 6 atom stereocenters. The fourth-order valence-electron chi connectivity index (χ4n) is 7.32. The first-order valence-corrected chi connectivity index (χ1v) is 15.5. The summed E-state index contributed by atoms with van der Waals surface area (Å²) in [7, 11) is 0. The molecule has 0 aliphatic carbocycles. The second-order valence-electron chi connectivity index (χ2n) is 11.8. The highest BCUT2D eigenvalue weighted by molar-refractivity contribution is 8.02. The van der Waals surface area contributed by atoms with Crippen LogP contribution in [-0.2, 0) is 20.8 Å². The molecule has 3 fully saturated rings. The number of halogens is 1. The predicted molar refractivity (Wildman–Crippen MR) is 166 cm³/mol. The zero-order valence-electron chi connectivity index (χ0n) is 23.5. The largest absolute Gasteiger partial charge is 0.394 e. The minimum atomic E-state index is -0.895. The van der Waals surface area contributed by atoms with E-state index in [-0.39, 0.29) is 24.3 Å². The van der Waals surface area contributed by atoms with Crippen molar-refractivity contribution >= 4 is 52.5 Å². The van der Waals surface area contributed by atoms with E-state index in [0.717, 1.165) is 11.1 Å². The number of thioether (sulfide) groups is 1. The molecule has 2 unspecified atom stereocenters. The molecule has 9 heteroatoms. The summed E-state index contributed by atoms with van der Waals surface area (Å²) in [5, 5.41) is 17.1. The standard InChI is InChI=1S/C33H34ClN3O4S/c1-20-10-9-15-24(34)27(20)36-30(40)28-33-17-16-32(2,42-33)25(29(39)35-22-13-7-4-8-14-22)26(33)31(41)37(28)23(19-38)18-21-11-5-3-6-12-21/h3-15,23,25-26,28,38H,16-19H2,1-2H3,(H,35,39)(H,36,40)/t23-,25-,26+,28?,32+,33?/m1/s1. The van der Waals surface area contributed by atoms with E-state index in [0.29, 0.717) is 35.7 Å². The molecule has 3 aliphatic heterocycles. The second kappa shape index (κ2) is 11.1. The molecule has 1 spiro atoms. The number of hydrogen-bond acceptors (Lipinski definition) is 5. The van der Waals surface area contributed by atoms with Crippen LogP contribution in [0.4, 0.5) is 11.4 Å². The fourth-order valence-corrected chi connectivity index (χ4v) is 9.93. The number of carbonyl (C=O) groups excluding carboxylic acids is 3. The number of fused-ring (bicyclic) bond motifs is 1. The lowest BCUT2D eigenvalue weighted by atomic mass is 9.66. The minimum Gasteiger partial charge on any atom is -0.394 e. The number of aryl methyl sites for hydroxylation is 1. The molecule has 3 aromatic carbocycles. The van der Waals surface area contributed by atoms with Gasteiger partial charge in [-0.25, -0.2) is 0 Å². The summed E-state index contributed by atoms with van der Waals surface area (Å²) in [5.74, 6) is -2.18. The normalized spacial score (nSPS) is 28.4. The third-order valence-corrected chi connectivity index (χ3v) is 11.5. The highest BCUT2D eigenvalue weighted by atomic mass is 35.5. The van der Waals surface area contributed by atoms with Gasteiger partial charge in [-0.05, 0) is 62.4 Å². The van der Waals surface area contributed by atoms with Gasteiger partial charge in [-0.1, -0.05) is 72.3 Å². The van der Waals surface area contributed by atoms with Crippen LogP contribution in [0.15, 0.2) is 78.9 Å². The van der Waals surface area contributed by atoms with Crippen molar-refractivity contribution in [3.63, 3.8) is 0 Å². The van der Waals surface area contributed by atoms with Gasteiger partial charge in [0, 0.05) is 10.4 Å². The number of hydrogen-bond donors (Lipinski definition) is 3. The van der Waals surface area contributed by atoms with Crippen molar-refractivity contribution in [3.05, 3.63) is 95.0 Å². The third kappa shape index (κ3) is 4.70. The maximum Gasteiger partial charge on any atom is 0.248 e. The number of nitrogens with zero attached hydrogens (tertiary/aromatic N) is 1. The Morgan fingerprint density at radius 2 is 1.69 bits per heavy atom. The van der Waals surface area contributed by atoms with E-state index in [1.807, 2.05) is 86.6 Å². The fraction of sp³-hybridized carbons (Fsp3) is 0.364. The molecule has 6 rings (SSSR count). The number of benzene rings is 3. The lowest BCUT2D eigenvalue weighted by Crippen LogP contribution is -2.55. The zero-order chi connectivity index (χ0) is 29.6. The molecule has 0 radical (unpaired) electrons. The molecule has 42 heavy (non-hydrogen) atoms. The van der Waals surface area contributed by atoms with Crippen molar-refractivity contribution in [1.29, 1.82) is 0 Å². The smallest absolute Gasteiger partial charge is 0.248 e. The van der Waals surface area contributed by atoms with E-state index in [1.54, 1.807) is 22.7 Å². The quantitative estimate of drug-likeness (QED) is 0.324. The maximum absolute atomic E-state index is 14.6. The molecule has 3 aliphatic rings. The summed E-state index contributed by atoms with van der Waals surface area (Å²) in [4.78, 5) is 44.5. The summed E-state index contributed by atoms with van der Waals surface area (Å²) < 4.78 is -1.34. The van der Waals surface area contributed by atoms with E-state index in [2.05, 4.69) is 10.6 Å². The van der Waals surface area contributed by atoms with Crippen molar-refractivity contribution in [2.24, 2.45) is 11.8 Å². The van der Waals surface area contributed by atoms with Gasteiger partial charge >= 0.3 is 0 Å². The molecule has 218 valence electrons. The van der Waals surface area contributed by atoms with Crippen LogP contribution in [0.2, 0.25) is 5.02 Å². The van der Waals surface area contributed by atoms with Gasteiger partial charge in [-0.3, -0.25) is 14.4 Å². The van der Waals surface area contributed by atoms with Gasteiger partial charge in [0.2, 0.25) is 17.7 Å². The van der Waals surface area contributed by atoms with Crippen molar-refractivity contribution in [3.8, 4) is 0 Å².